The molecule has 3 heteroatoms. The monoisotopic (exact) mass is 197 g/mol. The third kappa shape index (κ3) is 2.27. The molecule has 0 amide bonds. The highest BCUT2D eigenvalue weighted by atomic mass is 15.6. The zero-order valence-electron chi connectivity index (χ0n) is 9.58. The number of nitrogens with zero attached hydrogens (tertiary/aromatic N) is 3. The fraction of sp³-hybridized carbons (Fsp3) is 1.00. The first-order chi connectivity index (χ1) is 6.77. The molecule has 0 radical (unpaired) electrons. The molecule has 0 saturated carbocycles. The Labute approximate surface area is 87.6 Å². The molecule has 3 nitrogen and oxygen atoms in total. The Morgan fingerprint density at radius 2 is 1.21 bits per heavy atom. The molecule has 0 spiro atoms. The van der Waals surface area contributed by atoms with E-state index in [1.165, 1.54) is 52.1 Å². The Hall–Kier alpha value is -0.120. The highest BCUT2D eigenvalue weighted by molar-refractivity contribution is 4.74. The molecule has 2 aliphatic heterocycles. The predicted octanol–water partition coefficient (Wildman–Crippen LogP) is 1.02. The van der Waals surface area contributed by atoms with Crippen LogP contribution in [0.25, 0.3) is 0 Å². The fourth-order valence-electron chi connectivity index (χ4n) is 2.49. The first-order valence-corrected chi connectivity index (χ1v) is 6.01. The minimum absolute atomic E-state index is 0.706. The second-order valence-corrected chi connectivity index (χ2v) is 4.74. The van der Waals surface area contributed by atoms with Gasteiger partial charge in [0.15, 0.2) is 0 Å². The Bertz CT molecular complexity index is 165. The van der Waals surface area contributed by atoms with Gasteiger partial charge in [0.2, 0.25) is 0 Å². The van der Waals surface area contributed by atoms with E-state index in [9.17, 15) is 0 Å². The van der Waals surface area contributed by atoms with E-state index in [0.29, 0.717) is 6.04 Å². The topological polar surface area (TPSA) is 9.72 Å². The zero-order chi connectivity index (χ0) is 9.97. The van der Waals surface area contributed by atoms with Crippen LogP contribution >= 0.6 is 0 Å². The number of hydrogen-bond donors (Lipinski definition) is 0. The highest BCUT2D eigenvalue weighted by Gasteiger charge is 2.24. The van der Waals surface area contributed by atoms with Crippen molar-refractivity contribution in [2.24, 2.45) is 0 Å². The maximum atomic E-state index is 2.60. The van der Waals surface area contributed by atoms with Gasteiger partial charge in [-0.2, -0.15) is 0 Å². The van der Waals surface area contributed by atoms with E-state index in [4.69, 9.17) is 0 Å². The SMILES string of the molecule is CC(C)N1CCN2CCCCN2CC1. The Morgan fingerprint density at radius 1 is 0.714 bits per heavy atom. The number of hydrazine groups is 1. The lowest BCUT2D eigenvalue weighted by Gasteiger charge is -2.36. The molecule has 14 heavy (non-hydrogen) atoms. The van der Waals surface area contributed by atoms with E-state index in [1.807, 2.05) is 0 Å². The second kappa shape index (κ2) is 4.60. The average Bonchev–Trinajstić information content (AvgIpc) is 2.39. The van der Waals surface area contributed by atoms with Crippen molar-refractivity contribution in [1.82, 2.24) is 14.9 Å². The Kier molecular flexibility index (Phi) is 3.42. The molecule has 0 aromatic heterocycles. The van der Waals surface area contributed by atoms with E-state index < -0.39 is 0 Å². The first-order valence-electron chi connectivity index (χ1n) is 6.01. The van der Waals surface area contributed by atoms with Gasteiger partial charge in [-0.15, -0.1) is 0 Å². The summed E-state index contributed by atoms with van der Waals surface area (Å²) in [7, 11) is 0. The summed E-state index contributed by atoms with van der Waals surface area (Å²) in [5.74, 6) is 0. The van der Waals surface area contributed by atoms with Crippen LogP contribution in [0.2, 0.25) is 0 Å². The average molecular weight is 197 g/mol. The van der Waals surface area contributed by atoms with Crippen LogP contribution < -0.4 is 0 Å². The molecule has 0 aromatic carbocycles. The second-order valence-electron chi connectivity index (χ2n) is 4.74. The van der Waals surface area contributed by atoms with E-state index in [2.05, 4.69) is 28.8 Å². The standard InChI is InChI=1S/C11H23N3/c1-11(2)12-7-9-13-5-3-4-6-14(13)10-8-12/h11H,3-10H2,1-2H3. The molecule has 0 N–H and O–H groups in total. The van der Waals surface area contributed by atoms with Crippen molar-refractivity contribution in [2.75, 3.05) is 39.3 Å². The minimum Gasteiger partial charge on any atom is -0.298 e. The fourth-order valence-corrected chi connectivity index (χ4v) is 2.49. The molecule has 0 aliphatic carbocycles. The summed E-state index contributed by atoms with van der Waals surface area (Å²) in [5.41, 5.74) is 0. The van der Waals surface area contributed by atoms with Crippen LogP contribution in [0.5, 0.6) is 0 Å². The predicted molar refractivity (Wildman–Crippen MR) is 59.1 cm³/mol. The van der Waals surface area contributed by atoms with Crippen LogP contribution in [0.3, 0.4) is 0 Å². The molecule has 2 saturated heterocycles. The van der Waals surface area contributed by atoms with E-state index in [-0.39, 0.29) is 0 Å². The largest absolute Gasteiger partial charge is 0.298 e. The van der Waals surface area contributed by atoms with Gasteiger partial charge in [0, 0.05) is 45.3 Å². The van der Waals surface area contributed by atoms with Crippen LogP contribution in [0, 0.1) is 0 Å². The van der Waals surface area contributed by atoms with Gasteiger partial charge in [-0.25, -0.2) is 10.0 Å². The van der Waals surface area contributed by atoms with Crippen LogP contribution in [0.1, 0.15) is 26.7 Å². The van der Waals surface area contributed by atoms with Gasteiger partial charge in [0.1, 0.15) is 0 Å². The summed E-state index contributed by atoms with van der Waals surface area (Å²) in [6.07, 6.45) is 2.77. The highest BCUT2D eigenvalue weighted by Crippen LogP contribution is 2.14. The van der Waals surface area contributed by atoms with Crippen molar-refractivity contribution in [3.63, 3.8) is 0 Å². The molecule has 0 unspecified atom stereocenters. The van der Waals surface area contributed by atoms with Crippen molar-refractivity contribution < 1.29 is 0 Å². The quantitative estimate of drug-likeness (QED) is 0.621. The van der Waals surface area contributed by atoms with Gasteiger partial charge >= 0.3 is 0 Å². The minimum atomic E-state index is 0.706. The van der Waals surface area contributed by atoms with Crippen LogP contribution in [-0.2, 0) is 0 Å². The first kappa shape index (κ1) is 10.4. The summed E-state index contributed by atoms with van der Waals surface area (Å²) in [6.45, 7) is 12.1. The molecule has 82 valence electrons. The van der Waals surface area contributed by atoms with E-state index in [0.717, 1.165) is 0 Å². The number of fused-ring (bicyclic) bond motifs is 1. The van der Waals surface area contributed by atoms with Crippen LogP contribution in [0.15, 0.2) is 0 Å². The summed E-state index contributed by atoms with van der Waals surface area (Å²) in [4.78, 5) is 2.60. The van der Waals surface area contributed by atoms with Crippen molar-refractivity contribution in [2.45, 2.75) is 32.7 Å². The molecular weight excluding hydrogens is 174 g/mol. The molecule has 0 atom stereocenters. The van der Waals surface area contributed by atoms with E-state index >= 15 is 0 Å². The summed E-state index contributed by atoms with van der Waals surface area (Å²) < 4.78 is 0. The molecular formula is C11H23N3. The molecule has 2 aliphatic rings. The number of hydrogen-bond acceptors (Lipinski definition) is 3. The summed E-state index contributed by atoms with van der Waals surface area (Å²) in [5, 5.41) is 5.12. The van der Waals surface area contributed by atoms with Crippen molar-refractivity contribution >= 4 is 0 Å². The normalized spacial score (nSPS) is 27.6. The lowest BCUT2D eigenvalue weighted by Crippen LogP contribution is -2.47. The lowest BCUT2D eigenvalue weighted by atomic mass is 10.2. The van der Waals surface area contributed by atoms with Gasteiger partial charge in [-0.3, -0.25) is 4.90 Å². The van der Waals surface area contributed by atoms with Crippen LogP contribution in [0.4, 0.5) is 0 Å². The molecule has 2 fully saturated rings. The van der Waals surface area contributed by atoms with Gasteiger partial charge in [-0.1, -0.05) is 0 Å². The van der Waals surface area contributed by atoms with Gasteiger partial charge < -0.3 is 0 Å². The van der Waals surface area contributed by atoms with Gasteiger partial charge in [0.25, 0.3) is 0 Å². The maximum absolute atomic E-state index is 2.60. The maximum Gasteiger partial charge on any atom is 0.0261 e. The molecule has 0 aromatic rings. The van der Waals surface area contributed by atoms with Crippen molar-refractivity contribution in [3.8, 4) is 0 Å². The van der Waals surface area contributed by atoms with E-state index in [1.54, 1.807) is 0 Å². The smallest absolute Gasteiger partial charge is 0.0261 e. The summed E-state index contributed by atoms with van der Waals surface area (Å²) >= 11 is 0. The summed E-state index contributed by atoms with van der Waals surface area (Å²) in [6, 6.07) is 0.706. The lowest BCUT2D eigenvalue weighted by molar-refractivity contribution is -0.0374. The molecule has 2 rings (SSSR count). The third-order valence-corrected chi connectivity index (χ3v) is 3.50. The van der Waals surface area contributed by atoms with Crippen molar-refractivity contribution in [3.05, 3.63) is 0 Å². The molecule has 2 heterocycles. The van der Waals surface area contributed by atoms with Crippen LogP contribution in [-0.4, -0.2) is 60.2 Å². The Balaban J connectivity index is 1.92. The third-order valence-electron chi connectivity index (χ3n) is 3.50. The van der Waals surface area contributed by atoms with Crippen molar-refractivity contribution in [1.29, 1.82) is 0 Å². The van der Waals surface area contributed by atoms with Gasteiger partial charge in [0.05, 0.1) is 0 Å². The number of rotatable bonds is 1. The Morgan fingerprint density at radius 3 is 1.64 bits per heavy atom. The molecule has 0 bridgehead atoms. The van der Waals surface area contributed by atoms with Gasteiger partial charge in [-0.05, 0) is 26.7 Å². The zero-order valence-corrected chi connectivity index (χ0v) is 9.58.